The van der Waals surface area contributed by atoms with Crippen molar-refractivity contribution in [2.75, 3.05) is 0 Å². The molecule has 1 amide bonds. The lowest BCUT2D eigenvalue weighted by Crippen LogP contribution is -2.28. The van der Waals surface area contributed by atoms with E-state index in [1.165, 1.54) is 35.0 Å². The third-order valence-electron chi connectivity index (χ3n) is 5.64. The van der Waals surface area contributed by atoms with E-state index >= 15 is 0 Å². The fraction of sp³-hybridized carbons (Fsp3) is 0.0690. The van der Waals surface area contributed by atoms with E-state index in [9.17, 15) is 14.9 Å². The number of amidine groups is 1. The highest BCUT2D eigenvalue weighted by Gasteiger charge is 2.34. The van der Waals surface area contributed by atoms with Crippen molar-refractivity contribution in [2.24, 2.45) is 10.2 Å². The van der Waals surface area contributed by atoms with Crippen LogP contribution < -0.4 is 4.74 Å². The molecular weight excluding hydrogens is 516 g/mol. The molecule has 0 spiro atoms. The second-order valence-electron chi connectivity index (χ2n) is 8.40. The third kappa shape index (κ3) is 6.68. The van der Waals surface area contributed by atoms with Gasteiger partial charge in [-0.25, -0.2) is 0 Å². The van der Waals surface area contributed by atoms with Crippen LogP contribution in [0.15, 0.2) is 117 Å². The number of non-ortho nitro benzene ring substituents is 1. The van der Waals surface area contributed by atoms with Crippen molar-refractivity contribution in [3.63, 3.8) is 0 Å². The number of carbonyl (C=O) groups is 1. The first kappa shape index (κ1) is 25.7. The molecule has 1 aromatic heterocycles. The maximum atomic E-state index is 13.3. The Kier molecular flexibility index (Phi) is 7.94. The minimum Gasteiger partial charge on any atom is -0.489 e. The number of nitro groups is 1. The molecule has 0 aliphatic carbocycles. The van der Waals surface area contributed by atoms with Crippen molar-refractivity contribution in [3.8, 4) is 5.75 Å². The maximum absolute atomic E-state index is 13.3. The van der Waals surface area contributed by atoms with Gasteiger partial charge in [0.2, 0.25) is 0 Å². The number of ether oxygens (including phenoxy) is 1. The number of hydrogen-bond acceptors (Lipinski definition) is 8. The van der Waals surface area contributed by atoms with Gasteiger partial charge in [0.25, 0.3) is 11.6 Å². The lowest BCUT2D eigenvalue weighted by molar-refractivity contribution is -0.384. The summed E-state index contributed by atoms with van der Waals surface area (Å²) in [5.41, 5.74) is 2.50. The second-order valence-corrected chi connectivity index (χ2v) is 9.41. The summed E-state index contributed by atoms with van der Waals surface area (Å²) in [6.45, 7) is 0.636. The van der Waals surface area contributed by atoms with Crippen molar-refractivity contribution in [3.05, 3.63) is 135 Å². The van der Waals surface area contributed by atoms with Crippen LogP contribution in [0, 0.1) is 10.1 Å². The molecule has 0 atom stereocenters. The van der Waals surface area contributed by atoms with Gasteiger partial charge in [-0.2, -0.15) is 5.10 Å². The van der Waals surface area contributed by atoms with Crippen LogP contribution in [0.3, 0.4) is 0 Å². The van der Waals surface area contributed by atoms with Crippen LogP contribution >= 0.6 is 11.8 Å². The van der Waals surface area contributed by atoms with Gasteiger partial charge in [0.05, 0.1) is 28.9 Å². The fourth-order valence-electron chi connectivity index (χ4n) is 3.69. The highest BCUT2D eigenvalue weighted by atomic mass is 32.2. The molecule has 0 saturated carbocycles. The highest BCUT2D eigenvalue weighted by molar-refractivity contribution is 8.18. The number of amides is 1. The summed E-state index contributed by atoms with van der Waals surface area (Å²) in [5.74, 6) is 1.07. The molecule has 39 heavy (non-hydrogen) atoms. The predicted octanol–water partition coefficient (Wildman–Crippen LogP) is 6.27. The molecule has 3 aromatic carbocycles. The molecule has 0 unspecified atom stereocenters. The van der Waals surface area contributed by atoms with E-state index in [4.69, 9.17) is 9.15 Å². The lowest BCUT2D eigenvalue weighted by Gasteiger charge is -2.12. The standard InChI is InChI=1S/C29H22N4O5S/c34-28-27(17-23-8-4-9-25(16-23)38-20-22-6-2-1-3-7-22)39-29(32(28)19-26-10-5-15-37-26)31-30-18-21-11-13-24(14-12-21)33(35)36/h1-18H,19-20H2/b27-17-,30-18-,31-29+. The summed E-state index contributed by atoms with van der Waals surface area (Å²) >= 11 is 1.20. The molecule has 194 valence electrons. The number of thioether (sulfide) groups is 1. The second kappa shape index (κ2) is 12.1. The highest BCUT2D eigenvalue weighted by Crippen LogP contribution is 2.34. The van der Waals surface area contributed by atoms with Gasteiger partial charge in [-0.05, 0) is 70.9 Å². The Balaban J connectivity index is 1.35. The number of benzene rings is 3. The number of furan rings is 1. The average molecular weight is 539 g/mol. The Labute approximate surface area is 228 Å². The lowest BCUT2D eigenvalue weighted by atomic mass is 10.2. The van der Waals surface area contributed by atoms with Gasteiger partial charge >= 0.3 is 0 Å². The van der Waals surface area contributed by atoms with Crippen molar-refractivity contribution < 1.29 is 18.9 Å². The van der Waals surface area contributed by atoms with E-state index in [1.54, 1.807) is 36.6 Å². The monoisotopic (exact) mass is 538 g/mol. The maximum Gasteiger partial charge on any atom is 0.269 e. The number of hydrogen-bond donors (Lipinski definition) is 0. The van der Waals surface area contributed by atoms with Crippen LogP contribution in [0.1, 0.15) is 22.5 Å². The van der Waals surface area contributed by atoms with Gasteiger partial charge in [0, 0.05) is 12.1 Å². The summed E-state index contributed by atoms with van der Waals surface area (Å²) in [4.78, 5) is 25.7. The molecule has 1 aliphatic rings. The van der Waals surface area contributed by atoms with Crippen LogP contribution in [-0.4, -0.2) is 27.1 Å². The molecule has 1 fully saturated rings. The van der Waals surface area contributed by atoms with Crippen LogP contribution in [0.2, 0.25) is 0 Å². The average Bonchev–Trinajstić information content (AvgIpc) is 3.57. The Morgan fingerprint density at radius 1 is 0.974 bits per heavy atom. The van der Waals surface area contributed by atoms with Crippen LogP contribution in [0.4, 0.5) is 5.69 Å². The number of rotatable bonds is 9. The largest absolute Gasteiger partial charge is 0.489 e. The Hall–Kier alpha value is -4.96. The van der Waals surface area contributed by atoms with Gasteiger partial charge in [-0.3, -0.25) is 19.8 Å². The Morgan fingerprint density at radius 2 is 1.79 bits per heavy atom. The topological polar surface area (TPSA) is 111 Å². The summed E-state index contributed by atoms with van der Waals surface area (Å²) in [7, 11) is 0. The van der Waals surface area contributed by atoms with Crippen molar-refractivity contribution in [2.45, 2.75) is 13.2 Å². The van der Waals surface area contributed by atoms with E-state index in [2.05, 4.69) is 10.2 Å². The van der Waals surface area contributed by atoms with E-state index in [1.807, 2.05) is 54.6 Å². The zero-order valence-corrected chi connectivity index (χ0v) is 21.4. The van der Waals surface area contributed by atoms with Gasteiger partial charge in [-0.1, -0.05) is 42.5 Å². The number of nitro benzene ring substituents is 1. The van der Waals surface area contributed by atoms with Gasteiger partial charge in [0.1, 0.15) is 18.1 Å². The predicted molar refractivity (Wildman–Crippen MR) is 150 cm³/mol. The van der Waals surface area contributed by atoms with E-state index in [0.29, 0.717) is 33.8 Å². The Bertz CT molecular complexity index is 1550. The normalized spacial score (nSPS) is 15.5. The van der Waals surface area contributed by atoms with Crippen molar-refractivity contribution >= 4 is 40.8 Å². The first-order chi connectivity index (χ1) is 19.0. The summed E-state index contributed by atoms with van der Waals surface area (Å²) in [6.07, 6.45) is 4.81. The molecular formula is C29H22N4O5S. The van der Waals surface area contributed by atoms with Crippen LogP contribution in [0.25, 0.3) is 6.08 Å². The number of nitrogens with zero attached hydrogens (tertiary/aromatic N) is 4. The molecule has 0 N–H and O–H groups in total. The van der Waals surface area contributed by atoms with E-state index in [0.717, 1.165) is 11.1 Å². The molecule has 2 heterocycles. The van der Waals surface area contributed by atoms with Crippen molar-refractivity contribution in [1.82, 2.24) is 4.90 Å². The first-order valence-corrected chi connectivity index (χ1v) is 12.7. The molecule has 10 heteroatoms. The van der Waals surface area contributed by atoms with Crippen LogP contribution in [0.5, 0.6) is 5.75 Å². The number of carbonyl (C=O) groups excluding carboxylic acids is 1. The third-order valence-corrected chi connectivity index (χ3v) is 6.64. The zero-order chi connectivity index (χ0) is 27.0. The first-order valence-electron chi connectivity index (χ1n) is 11.9. The van der Waals surface area contributed by atoms with Crippen LogP contribution in [-0.2, 0) is 17.9 Å². The molecule has 0 bridgehead atoms. The minimum absolute atomic E-state index is 0.00986. The van der Waals surface area contributed by atoms with Gasteiger partial charge < -0.3 is 9.15 Å². The fourth-order valence-corrected chi connectivity index (χ4v) is 4.63. The van der Waals surface area contributed by atoms with Crippen molar-refractivity contribution in [1.29, 1.82) is 0 Å². The van der Waals surface area contributed by atoms with Gasteiger partial charge in [-0.15, -0.1) is 5.10 Å². The Morgan fingerprint density at radius 3 is 2.54 bits per heavy atom. The molecule has 9 nitrogen and oxygen atoms in total. The van der Waals surface area contributed by atoms with E-state index < -0.39 is 4.92 Å². The summed E-state index contributed by atoms with van der Waals surface area (Å²) < 4.78 is 11.4. The molecule has 4 aromatic rings. The summed E-state index contributed by atoms with van der Waals surface area (Å²) in [5, 5.41) is 19.6. The molecule has 0 radical (unpaired) electrons. The van der Waals surface area contributed by atoms with E-state index in [-0.39, 0.29) is 18.1 Å². The minimum atomic E-state index is -0.465. The molecule has 1 saturated heterocycles. The van der Waals surface area contributed by atoms with Gasteiger partial charge in [0.15, 0.2) is 5.17 Å². The smallest absolute Gasteiger partial charge is 0.269 e. The molecule has 1 aliphatic heterocycles. The SMILES string of the molecule is O=C1/C(=C/c2cccc(OCc3ccccc3)c2)S/C(=N/N=C\c2ccc([N+](=O)[O-])cc2)N1Cc1ccco1. The summed E-state index contributed by atoms with van der Waals surface area (Å²) in [6, 6.07) is 26.9. The zero-order valence-electron chi connectivity index (χ0n) is 20.5. The quantitative estimate of drug-likeness (QED) is 0.107. The molecule has 5 rings (SSSR count).